The van der Waals surface area contributed by atoms with Crippen LogP contribution in [0.3, 0.4) is 0 Å². The zero-order valence-electron chi connectivity index (χ0n) is 16.9. The Morgan fingerprint density at radius 3 is 2.32 bits per heavy atom. The highest BCUT2D eigenvalue weighted by Gasteiger charge is 2.54. The predicted octanol–water partition coefficient (Wildman–Crippen LogP) is 5.48. The molecule has 10 heteroatoms. The maximum Gasteiger partial charge on any atom is 0.273 e. The fourth-order valence-electron chi connectivity index (χ4n) is 3.19. The molecule has 1 aliphatic rings. The Balaban J connectivity index is 1.94. The molecule has 2 aromatic carbocycles. The summed E-state index contributed by atoms with van der Waals surface area (Å²) in [6.45, 7) is 0. The van der Waals surface area contributed by atoms with E-state index in [9.17, 15) is 4.79 Å². The standard InChI is InChI=1S/C21H20Cl4N2O4/c1-26-19(28)18(27-30-3)12-6-4-5-7-13(12)20(29-2)31-11-8-15(22)17(16(23)9-11)14-10-21(14,24)25/h4-9,14,20H,10H2,1-3H3,(H,26,28)/b27-18+. The highest BCUT2D eigenvalue weighted by molar-refractivity contribution is 6.52. The molecule has 0 bridgehead atoms. The summed E-state index contributed by atoms with van der Waals surface area (Å²) in [6.07, 6.45) is -0.313. The van der Waals surface area contributed by atoms with Gasteiger partial charge in [-0.1, -0.05) is 52.6 Å². The summed E-state index contributed by atoms with van der Waals surface area (Å²) < 4.78 is 10.7. The largest absolute Gasteiger partial charge is 0.460 e. The lowest BCUT2D eigenvalue weighted by Gasteiger charge is -2.21. The lowest BCUT2D eigenvalue weighted by atomic mass is 10.0. The summed E-state index contributed by atoms with van der Waals surface area (Å²) in [5, 5.41) is 7.18. The lowest BCUT2D eigenvalue weighted by molar-refractivity contribution is -0.114. The molecule has 1 saturated carbocycles. The molecule has 1 amide bonds. The van der Waals surface area contributed by atoms with Gasteiger partial charge in [-0.25, -0.2) is 0 Å². The van der Waals surface area contributed by atoms with Gasteiger partial charge >= 0.3 is 0 Å². The van der Waals surface area contributed by atoms with Gasteiger partial charge in [-0.05, 0) is 24.1 Å². The number of rotatable bonds is 8. The number of halogens is 4. The zero-order valence-corrected chi connectivity index (χ0v) is 19.9. The summed E-state index contributed by atoms with van der Waals surface area (Å²) in [5.41, 5.74) is 1.80. The van der Waals surface area contributed by atoms with Gasteiger partial charge in [0.25, 0.3) is 5.91 Å². The van der Waals surface area contributed by atoms with Crippen LogP contribution >= 0.6 is 46.4 Å². The van der Waals surface area contributed by atoms with E-state index in [4.69, 9.17) is 60.7 Å². The summed E-state index contributed by atoms with van der Waals surface area (Å²) >= 11 is 25.2. The van der Waals surface area contributed by atoms with Crippen LogP contribution in [0.1, 0.15) is 35.3 Å². The first-order valence-electron chi connectivity index (χ1n) is 9.22. The first-order valence-corrected chi connectivity index (χ1v) is 10.7. The van der Waals surface area contributed by atoms with Crippen molar-refractivity contribution in [2.75, 3.05) is 21.3 Å². The molecule has 1 N–H and O–H groups in total. The van der Waals surface area contributed by atoms with E-state index in [0.29, 0.717) is 38.9 Å². The monoisotopic (exact) mass is 504 g/mol. The summed E-state index contributed by atoms with van der Waals surface area (Å²) in [5.74, 6) is -0.181. The quantitative estimate of drug-likeness (QED) is 0.223. The van der Waals surface area contributed by atoms with Crippen molar-refractivity contribution in [2.45, 2.75) is 23.0 Å². The average molecular weight is 506 g/mol. The fraction of sp³-hybridized carbons (Fsp3) is 0.333. The number of hydrogen-bond donors (Lipinski definition) is 1. The molecule has 0 radical (unpaired) electrons. The molecule has 166 valence electrons. The number of alkyl halides is 2. The lowest BCUT2D eigenvalue weighted by Crippen LogP contribution is -2.30. The van der Waals surface area contributed by atoms with Crippen molar-refractivity contribution >= 4 is 58.0 Å². The van der Waals surface area contributed by atoms with E-state index < -0.39 is 16.5 Å². The van der Waals surface area contributed by atoms with Crippen LogP contribution in [0.4, 0.5) is 0 Å². The number of methoxy groups -OCH3 is 1. The third-order valence-electron chi connectivity index (χ3n) is 4.78. The van der Waals surface area contributed by atoms with E-state index in [2.05, 4.69) is 10.5 Å². The molecular formula is C21H20Cl4N2O4. The number of carbonyl (C=O) groups is 1. The minimum absolute atomic E-state index is 0.0759. The van der Waals surface area contributed by atoms with Crippen LogP contribution in [0, 0.1) is 0 Å². The van der Waals surface area contributed by atoms with Crippen molar-refractivity contribution in [3.05, 3.63) is 63.1 Å². The minimum atomic E-state index is -0.887. The van der Waals surface area contributed by atoms with Crippen molar-refractivity contribution < 1.29 is 19.1 Å². The molecule has 1 aliphatic carbocycles. The average Bonchev–Trinajstić information content (AvgIpc) is 3.36. The number of nitrogens with one attached hydrogen (secondary N) is 1. The van der Waals surface area contributed by atoms with Crippen LogP contribution < -0.4 is 10.1 Å². The number of benzene rings is 2. The Bertz CT molecular complexity index is 990. The van der Waals surface area contributed by atoms with E-state index in [1.807, 2.05) is 0 Å². The molecule has 2 unspecified atom stereocenters. The normalized spacial score (nSPS) is 18.3. The molecule has 31 heavy (non-hydrogen) atoms. The maximum absolute atomic E-state index is 12.3. The smallest absolute Gasteiger partial charge is 0.273 e. The van der Waals surface area contributed by atoms with Gasteiger partial charge in [0.2, 0.25) is 6.29 Å². The number of carbonyl (C=O) groups excluding carboxylic acids is 1. The number of ether oxygens (including phenoxy) is 2. The van der Waals surface area contributed by atoms with Gasteiger partial charge < -0.3 is 19.6 Å². The highest BCUT2D eigenvalue weighted by atomic mass is 35.5. The third kappa shape index (κ3) is 5.21. The summed E-state index contributed by atoms with van der Waals surface area (Å²) in [6, 6.07) is 10.3. The Hall–Kier alpha value is -1.70. The van der Waals surface area contributed by atoms with Crippen molar-refractivity contribution in [3.8, 4) is 5.75 Å². The van der Waals surface area contributed by atoms with Gasteiger partial charge in [-0.15, -0.1) is 23.2 Å². The highest BCUT2D eigenvalue weighted by Crippen LogP contribution is 2.62. The number of nitrogens with zero attached hydrogens (tertiary/aromatic N) is 1. The zero-order chi connectivity index (χ0) is 22.8. The van der Waals surface area contributed by atoms with Gasteiger partial charge in [0.15, 0.2) is 5.71 Å². The number of amides is 1. The van der Waals surface area contributed by atoms with Crippen LogP contribution in [0.15, 0.2) is 41.6 Å². The second-order valence-corrected chi connectivity index (χ2v) is 9.15. The molecule has 2 aromatic rings. The Morgan fingerprint density at radius 2 is 1.81 bits per heavy atom. The maximum atomic E-state index is 12.3. The molecule has 0 saturated heterocycles. The van der Waals surface area contributed by atoms with Crippen molar-refractivity contribution in [1.29, 1.82) is 0 Å². The van der Waals surface area contributed by atoms with Crippen molar-refractivity contribution in [3.63, 3.8) is 0 Å². The topological polar surface area (TPSA) is 69.2 Å². The predicted molar refractivity (Wildman–Crippen MR) is 123 cm³/mol. The van der Waals surface area contributed by atoms with Gasteiger partial charge in [0, 0.05) is 41.2 Å². The Labute approximate surface area is 200 Å². The number of oxime groups is 1. The van der Waals surface area contributed by atoms with Gasteiger partial charge in [-0.3, -0.25) is 4.79 Å². The van der Waals surface area contributed by atoms with E-state index in [1.165, 1.54) is 21.3 Å². The molecule has 1 fully saturated rings. The Kier molecular flexibility index (Phi) is 7.60. The van der Waals surface area contributed by atoms with Crippen LogP contribution in [0.5, 0.6) is 5.75 Å². The van der Waals surface area contributed by atoms with Crippen molar-refractivity contribution in [1.82, 2.24) is 5.32 Å². The van der Waals surface area contributed by atoms with Crippen LogP contribution in [0.25, 0.3) is 0 Å². The summed E-state index contributed by atoms with van der Waals surface area (Å²) in [7, 11) is 4.34. The molecule has 2 atom stereocenters. The molecular weight excluding hydrogens is 486 g/mol. The van der Waals surface area contributed by atoms with Crippen LogP contribution in [0.2, 0.25) is 10.0 Å². The Morgan fingerprint density at radius 1 is 1.19 bits per heavy atom. The molecule has 3 rings (SSSR count). The molecule has 0 spiro atoms. The van der Waals surface area contributed by atoms with E-state index in [1.54, 1.807) is 36.4 Å². The number of hydrogen-bond acceptors (Lipinski definition) is 5. The molecule has 0 aliphatic heterocycles. The van der Waals surface area contributed by atoms with E-state index in [0.717, 1.165) is 0 Å². The molecule has 0 aromatic heterocycles. The SMILES string of the molecule is CNC(=O)/C(=N/OC)c1ccccc1C(OC)Oc1cc(Cl)c(C2CC2(Cl)Cl)c(Cl)c1. The van der Waals surface area contributed by atoms with Crippen LogP contribution in [-0.4, -0.2) is 37.2 Å². The fourth-order valence-corrected chi connectivity index (χ4v) is 4.45. The van der Waals surface area contributed by atoms with E-state index in [-0.39, 0.29) is 11.6 Å². The molecule has 6 nitrogen and oxygen atoms in total. The summed E-state index contributed by atoms with van der Waals surface area (Å²) in [4.78, 5) is 17.2. The van der Waals surface area contributed by atoms with Gasteiger partial charge in [0.1, 0.15) is 17.2 Å². The van der Waals surface area contributed by atoms with E-state index >= 15 is 0 Å². The first-order chi connectivity index (χ1) is 14.7. The third-order valence-corrected chi connectivity index (χ3v) is 6.24. The van der Waals surface area contributed by atoms with Crippen molar-refractivity contribution in [2.24, 2.45) is 5.16 Å². The van der Waals surface area contributed by atoms with Gasteiger partial charge in [0.05, 0.1) is 0 Å². The second-order valence-electron chi connectivity index (χ2n) is 6.79. The first kappa shape index (κ1) is 24.0. The van der Waals surface area contributed by atoms with Gasteiger partial charge in [-0.2, -0.15) is 0 Å². The van der Waals surface area contributed by atoms with Crippen LogP contribution in [-0.2, 0) is 14.4 Å². The number of likely N-dealkylation sites (N-methyl/N-ethyl adjacent to an activating group) is 1. The molecule has 0 heterocycles. The minimum Gasteiger partial charge on any atom is -0.460 e. The second kappa shape index (κ2) is 9.84.